The van der Waals surface area contributed by atoms with Crippen LogP contribution in [0.25, 0.3) is 0 Å². The molecule has 2 aromatic rings. The third-order valence-corrected chi connectivity index (χ3v) is 5.04. The minimum atomic E-state index is 0.422. The van der Waals surface area contributed by atoms with Gasteiger partial charge in [0.2, 0.25) is 0 Å². The third-order valence-electron chi connectivity index (χ3n) is 5.04. The van der Waals surface area contributed by atoms with Crippen LogP contribution >= 0.6 is 0 Å². The van der Waals surface area contributed by atoms with Gasteiger partial charge in [-0.05, 0) is 37.6 Å². The van der Waals surface area contributed by atoms with E-state index in [0.29, 0.717) is 6.04 Å². The number of amidine groups is 1. The first-order valence-corrected chi connectivity index (χ1v) is 9.27. The molecule has 5 nitrogen and oxygen atoms in total. The lowest BCUT2D eigenvalue weighted by atomic mass is 10.1. The molecule has 0 saturated carbocycles. The Morgan fingerprint density at radius 2 is 2.08 bits per heavy atom. The number of nitrogens with one attached hydrogen (secondary N) is 2. The van der Waals surface area contributed by atoms with E-state index < -0.39 is 0 Å². The molecule has 0 aromatic heterocycles. The Morgan fingerprint density at radius 1 is 1.19 bits per heavy atom. The fraction of sp³-hybridized carbons (Fsp3) is 0.381. The van der Waals surface area contributed by atoms with Gasteiger partial charge >= 0.3 is 0 Å². The van der Waals surface area contributed by atoms with Crippen LogP contribution in [-0.4, -0.2) is 50.1 Å². The second kappa shape index (κ2) is 7.48. The fourth-order valence-corrected chi connectivity index (χ4v) is 3.66. The summed E-state index contributed by atoms with van der Waals surface area (Å²) < 4.78 is 5.27. The number of methoxy groups -OCH3 is 1. The summed E-state index contributed by atoms with van der Waals surface area (Å²) in [6.07, 6.45) is 1.01. The van der Waals surface area contributed by atoms with Crippen LogP contribution in [0.2, 0.25) is 0 Å². The Bertz CT molecular complexity index is 817. The predicted octanol–water partition coefficient (Wildman–Crippen LogP) is 3.44. The van der Waals surface area contributed by atoms with E-state index >= 15 is 0 Å². The Labute approximate surface area is 155 Å². The predicted molar refractivity (Wildman–Crippen MR) is 107 cm³/mol. The molecule has 1 atom stereocenters. The lowest BCUT2D eigenvalue weighted by molar-refractivity contribution is 0.168. The van der Waals surface area contributed by atoms with Gasteiger partial charge in [-0.15, -0.1) is 0 Å². The molecule has 0 radical (unpaired) electrons. The molecule has 1 fully saturated rings. The van der Waals surface area contributed by atoms with E-state index in [2.05, 4.69) is 52.8 Å². The van der Waals surface area contributed by atoms with Crippen LogP contribution in [0.1, 0.15) is 17.5 Å². The highest BCUT2D eigenvalue weighted by Gasteiger charge is 2.26. The summed E-state index contributed by atoms with van der Waals surface area (Å²) in [7, 11) is 1.76. The van der Waals surface area contributed by atoms with Crippen molar-refractivity contribution in [3.05, 3.63) is 53.6 Å². The molecule has 0 amide bonds. The summed E-state index contributed by atoms with van der Waals surface area (Å²) in [6, 6.07) is 15.2. The van der Waals surface area contributed by atoms with Gasteiger partial charge < -0.3 is 20.3 Å². The van der Waals surface area contributed by atoms with E-state index in [1.807, 2.05) is 12.1 Å². The summed E-state index contributed by atoms with van der Waals surface area (Å²) in [6.45, 7) is 5.77. The number of hydrogen-bond acceptors (Lipinski definition) is 5. The molecule has 2 aromatic carbocycles. The lowest BCUT2D eigenvalue weighted by Crippen LogP contribution is -2.53. The Balaban J connectivity index is 1.73. The number of nitrogens with zero attached hydrogens (tertiary/aromatic N) is 2. The summed E-state index contributed by atoms with van der Waals surface area (Å²) in [5, 5.41) is 7.17. The van der Waals surface area contributed by atoms with Gasteiger partial charge in [0.15, 0.2) is 0 Å². The highest BCUT2D eigenvalue weighted by Crippen LogP contribution is 2.35. The average molecular weight is 350 g/mol. The van der Waals surface area contributed by atoms with Gasteiger partial charge in [0.1, 0.15) is 5.84 Å². The Kier molecular flexibility index (Phi) is 4.91. The first-order valence-electron chi connectivity index (χ1n) is 9.27. The molecule has 0 aliphatic carbocycles. The number of piperazine rings is 1. The molecule has 0 unspecified atom stereocenters. The Morgan fingerprint density at radius 3 is 2.96 bits per heavy atom. The van der Waals surface area contributed by atoms with Gasteiger partial charge in [0.05, 0.1) is 11.4 Å². The van der Waals surface area contributed by atoms with Gasteiger partial charge in [-0.25, -0.2) is 4.99 Å². The van der Waals surface area contributed by atoms with E-state index in [0.717, 1.165) is 55.6 Å². The zero-order chi connectivity index (χ0) is 17.9. The fourth-order valence-electron chi connectivity index (χ4n) is 3.66. The summed E-state index contributed by atoms with van der Waals surface area (Å²) in [4.78, 5) is 7.50. The SMILES string of the molecule is COCC[C@H]1CN(C2=Nc3ccccc3Nc3ccc(C)cc32)CCN1. The number of para-hydroxylation sites is 2. The van der Waals surface area contributed by atoms with Crippen molar-refractivity contribution in [3.63, 3.8) is 0 Å². The van der Waals surface area contributed by atoms with E-state index in [4.69, 9.17) is 9.73 Å². The smallest absolute Gasteiger partial charge is 0.138 e. The molecule has 5 heteroatoms. The minimum absolute atomic E-state index is 0.422. The highest BCUT2D eigenvalue weighted by molar-refractivity contribution is 6.07. The summed E-state index contributed by atoms with van der Waals surface area (Å²) in [5.74, 6) is 1.06. The molecule has 4 rings (SSSR count). The molecular formula is C21H26N4O. The van der Waals surface area contributed by atoms with E-state index in [1.54, 1.807) is 7.11 Å². The third kappa shape index (κ3) is 3.45. The molecule has 26 heavy (non-hydrogen) atoms. The number of anilines is 2. The quantitative estimate of drug-likeness (QED) is 0.890. The van der Waals surface area contributed by atoms with Gasteiger partial charge in [-0.3, -0.25) is 0 Å². The minimum Gasteiger partial charge on any atom is -0.385 e. The zero-order valence-electron chi connectivity index (χ0n) is 15.5. The lowest BCUT2D eigenvalue weighted by Gasteiger charge is -2.36. The van der Waals surface area contributed by atoms with Gasteiger partial charge in [-0.2, -0.15) is 0 Å². The number of rotatable bonds is 3. The molecule has 0 bridgehead atoms. The largest absolute Gasteiger partial charge is 0.385 e. The molecule has 2 aliphatic heterocycles. The van der Waals surface area contributed by atoms with Crippen LogP contribution in [0.3, 0.4) is 0 Å². The first kappa shape index (κ1) is 17.1. The van der Waals surface area contributed by atoms with Crippen molar-refractivity contribution in [1.82, 2.24) is 10.2 Å². The van der Waals surface area contributed by atoms with Crippen molar-refractivity contribution in [2.75, 3.05) is 38.7 Å². The molecule has 2 aliphatic rings. The monoisotopic (exact) mass is 350 g/mol. The van der Waals surface area contributed by atoms with Crippen molar-refractivity contribution in [3.8, 4) is 0 Å². The first-order chi connectivity index (χ1) is 12.7. The summed E-state index contributed by atoms with van der Waals surface area (Å²) in [5.41, 5.74) is 5.58. The zero-order valence-corrected chi connectivity index (χ0v) is 15.5. The maximum absolute atomic E-state index is 5.27. The second-order valence-corrected chi connectivity index (χ2v) is 7.01. The van der Waals surface area contributed by atoms with Crippen LogP contribution in [0.5, 0.6) is 0 Å². The normalized spacial score (nSPS) is 19.1. The molecule has 1 saturated heterocycles. The van der Waals surface area contributed by atoms with Crippen molar-refractivity contribution in [2.45, 2.75) is 19.4 Å². The van der Waals surface area contributed by atoms with Crippen LogP contribution in [-0.2, 0) is 4.74 Å². The van der Waals surface area contributed by atoms with Gasteiger partial charge in [0, 0.05) is 50.6 Å². The second-order valence-electron chi connectivity index (χ2n) is 7.01. The van der Waals surface area contributed by atoms with Crippen molar-refractivity contribution < 1.29 is 4.74 Å². The molecule has 2 heterocycles. The van der Waals surface area contributed by atoms with Crippen LogP contribution < -0.4 is 10.6 Å². The average Bonchev–Trinajstić information content (AvgIpc) is 2.83. The highest BCUT2D eigenvalue weighted by atomic mass is 16.5. The molecule has 0 spiro atoms. The number of aryl methyl sites for hydroxylation is 1. The maximum Gasteiger partial charge on any atom is 0.138 e. The Hall–Kier alpha value is -2.37. The molecular weight excluding hydrogens is 324 g/mol. The number of ether oxygens (including phenoxy) is 1. The van der Waals surface area contributed by atoms with Crippen molar-refractivity contribution in [1.29, 1.82) is 0 Å². The van der Waals surface area contributed by atoms with Crippen molar-refractivity contribution >= 4 is 22.9 Å². The topological polar surface area (TPSA) is 48.9 Å². The molecule has 136 valence electrons. The van der Waals surface area contributed by atoms with E-state index in [1.165, 1.54) is 11.1 Å². The van der Waals surface area contributed by atoms with Gasteiger partial charge in [0.25, 0.3) is 0 Å². The number of hydrogen-bond donors (Lipinski definition) is 2. The molecule has 2 N–H and O–H groups in total. The van der Waals surface area contributed by atoms with Crippen LogP contribution in [0.4, 0.5) is 17.1 Å². The number of benzene rings is 2. The van der Waals surface area contributed by atoms with E-state index in [-0.39, 0.29) is 0 Å². The summed E-state index contributed by atoms with van der Waals surface area (Å²) >= 11 is 0. The number of fused-ring (bicyclic) bond motifs is 2. The maximum atomic E-state index is 5.27. The van der Waals surface area contributed by atoms with Gasteiger partial charge in [-0.1, -0.05) is 23.8 Å². The van der Waals surface area contributed by atoms with E-state index in [9.17, 15) is 0 Å². The number of aliphatic imine (C=N–C) groups is 1. The van der Waals surface area contributed by atoms with Crippen LogP contribution in [0, 0.1) is 6.92 Å². The van der Waals surface area contributed by atoms with Crippen molar-refractivity contribution in [2.24, 2.45) is 4.99 Å². The standard InChI is InChI=1S/C21H26N4O/c1-15-7-8-18-17(13-15)21(24-20-6-4-3-5-19(20)23-18)25-11-10-22-16(14-25)9-12-26-2/h3-8,13,16,22-23H,9-12,14H2,1-2H3/t16-/m0/s1. The van der Waals surface area contributed by atoms with Crippen LogP contribution in [0.15, 0.2) is 47.5 Å².